The molecule has 30 heavy (non-hydrogen) atoms. The summed E-state index contributed by atoms with van der Waals surface area (Å²) in [4.78, 5) is 0.0187. The second kappa shape index (κ2) is 8.17. The molecule has 3 aliphatic rings. The van der Waals surface area contributed by atoms with Crippen molar-refractivity contribution in [3.63, 3.8) is 0 Å². The molecule has 2 aliphatic heterocycles. The Bertz CT molecular complexity index is 942. The van der Waals surface area contributed by atoms with Gasteiger partial charge in [0.25, 0.3) is 0 Å². The van der Waals surface area contributed by atoms with Gasteiger partial charge in [-0.05, 0) is 50.7 Å². The molecule has 1 aromatic carbocycles. The van der Waals surface area contributed by atoms with E-state index in [0.717, 1.165) is 51.6 Å². The molecule has 3 N–H and O–H groups in total. The molecule has 2 heterocycles. The summed E-state index contributed by atoms with van der Waals surface area (Å²) in [5.74, 6) is -0.390. The Hall–Kier alpha value is -1.57. The van der Waals surface area contributed by atoms with E-state index in [9.17, 15) is 18.6 Å². The van der Waals surface area contributed by atoms with Gasteiger partial charge in [-0.15, -0.1) is 0 Å². The molecule has 166 valence electrons. The molecular formula is C23H34N2O4S. The highest BCUT2D eigenvalue weighted by Gasteiger charge is 2.52. The van der Waals surface area contributed by atoms with Crippen LogP contribution >= 0.6 is 0 Å². The Morgan fingerprint density at radius 2 is 1.97 bits per heavy atom. The van der Waals surface area contributed by atoms with Gasteiger partial charge in [0, 0.05) is 43.1 Å². The standard InChI is InChI=1S/C23H34N2O4S/c1-3-4-5-8-18-11-19(26)20(17-9-6-7-16(2)10-17)21(27)22(18)30(28,29)25-14-23(15-25)12-24-13-23/h10-11,17,24,26-27H,3-9,12-15H2,1-2H3. The maximum absolute atomic E-state index is 13.6. The minimum Gasteiger partial charge on any atom is -0.507 e. The lowest BCUT2D eigenvalue weighted by Gasteiger charge is -2.55. The number of hydrogen-bond acceptors (Lipinski definition) is 5. The van der Waals surface area contributed by atoms with Crippen LogP contribution < -0.4 is 5.32 Å². The van der Waals surface area contributed by atoms with Crippen LogP contribution in [0.15, 0.2) is 22.6 Å². The lowest BCUT2D eigenvalue weighted by atomic mass is 9.76. The molecule has 1 spiro atoms. The highest BCUT2D eigenvalue weighted by Crippen LogP contribution is 2.47. The van der Waals surface area contributed by atoms with Gasteiger partial charge in [0.05, 0.1) is 0 Å². The molecule has 2 saturated heterocycles. The van der Waals surface area contributed by atoms with Crippen LogP contribution in [0, 0.1) is 5.41 Å². The number of nitrogens with zero attached hydrogens (tertiary/aromatic N) is 1. The van der Waals surface area contributed by atoms with Crippen LogP contribution in [0.25, 0.3) is 0 Å². The zero-order chi connectivity index (χ0) is 21.5. The van der Waals surface area contributed by atoms with E-state index in [1.54, 1.807) is 6.07 Å². The number of unbranched alkanes of at least 4 members (excludes halogenated alkanes) is 2. The van der Waals surface area contributed by atoms with E-state index in [-0.39, 0.29) is 27.7 Å². The normalized spacial score (nSPS) is 23.7. The molecule has 0 saturated carbocycles. The van der Waals surface area contributed by atoms with Crippen LogP contribution in [0.1, 0.15) is 69.4 Å². The number of nitrogens with one attached hydrogen (secondary N) is 1. The summed E-state index contributed by atoms with van der Waals surface area (Å²) in [5, 5.41) is 25.3. The molecule has 0 aromatic heterocycles. The number of phenolic OH excluding ortho intramolecular Hbond substituents is 2. The van der Waals surface area contributed by atoms with Crippen LogP contribution in [-0.4, -0.2) is 49.1 Å². The highest BCUT2D eigenvalue weighted by atomic mass is 32.2. The van der Waals surface area contributed by atoms with Crippen molar-refractivity contribution in [2.45, 2.75) is 69.6 Å². The summed E-state index contributed by atoms with van der Waals surface area (Å²) >= 11 is 0. The van der Waals surface area contributed by atoms with Gasteiger partial charge in [0.2, 0.25) is 10.0 Å². The third-order valence-corrected chi connectivity index (χ3v) is 8.87. The van der Waals surface area contributed by atoms with Crippen molar-refractivity contribution in [2.75, 3.05) is 26.2 Å². The Labute approximate surface area is 180 Å². The van der Waals surface area contributed by atoms with Gasteiger partial charge in [-0.2, -0.15) is 4.31 Å². The van der Waals surface area contributed by atoms with Crippen molar-refractivity contribution in [3.8, 4) is 11.5 Å². The molecule has 0 radical (unpaired) electrons. The molecule has 0 amide bonds. The molecule has 1 aliphatic carbocycles. The minimum atomic E-state index is -3.82. The summed E-state index contributed by atoms with van der Waals surface area (Å²) in [6.45, 7) is 6.83. The van der Waals surface area contributed by atoms with Gasteiger partial charge in [0.15, 0.2) is 0 Å². The van der Waals surface area contributed by atoms with Crippen LogP contribution in [0.3, 0.4) is 0 Å². The van der Waals surface area contributed by atoms with Crippen molar-refractivity contribution in [1.82, 2.24) is 9.62 Å². The number of hydrogen-bond donors (Lipinski definition) is 3. The maximum Gasteiger partial charge on any atom is 0.247 e. The Morgan fingerprint density at radius 1 is 1.23 bits per heavy atom. The average Bonchev–Trinajstić information content (AvgIpc) is 2.58. The van der Waals surface area contributed by atoms with Crippen molar-refractivity contribution in [3.05, 3.63) is 28.8 Å². The fraction of sp³-hybridized carbons (Fsp3) is 0.652. The first kappa shape index (κ1) is 21.7. The maximum atomic E-state index is 13.6. The average molecular weight is 435 g/mol. The molecule has 7 heteroatoms. The zero-order valence-corrected chi connectivity index (χ0v) is 18.9. The molecule has 4 rings (SSSR count). The van der Waals surface area contributed by atoms with Crippen LogP contribution in [0.4, 0.5) is 0 Å². The summed E-state index contributed by atoms with van der Waals surface area (Å²) in [7, 11) is -3.82. The second-order valence-corrected chi connectivity index (χ2v) is 11.4. The summed E-state index contributed by atoms with van der Waals surface area (Å²) in [5.41, 5.74) is 2.18. The Kier molecular flexibility index (Phi) is 5.90. The lowest BCUT2D eigenvalue weighted by molar-refractivity contribution is 0.0163. The van der Waals surface area contributed by atoms with E-state index >= 15 is 0 Å². The topological polar surface area (TPSA) is 89.9 Å². The van der Waals surface area contributed by atoms with Crippen molar-refractivity contribution >= 4 is 10.0 Å². The minimum absolute atomic E-state index is 0.0113. The predicted octanol–water partition coefficient (Wildman–Crippen LogP) is 3.64. The molecular weight excluding hydrogens is 400 g/mol. The summed E-state index contributed by atoms with van der Waals surface area (Å²) < 4.78 is 28.6. The zero-order valence-electron chi connectivity index (χ0n) is 18.1. The first-order chi connectivity index (χ1) is 14.3. The largest absolute Gasteiger partial charge is 0.507 e. The third-order valence-electron chi connectivity index (χ3n) is 6.96. The van der Waals surface area contributed by atoms with E-state index in [1.165, 1.54) is 9.88 Å². The van der Waals surface area contributed by atoms with Gasteiger partial charge < -0.3 is 15.5 Å². The Balaban J connectivity index is 1.75. The number of rotatable bonds is 7. The van der Waals surface area contributed by atoms with Gasteiger partial charge in [-0.25, -0.2) is 8.42 Å². The van der Waals surface area contributed by atoms with Gasteiger partial charge in [-0.1, -0.05) is 31.4 Å². The molecule has 0 bridgehead atoms. The monoisotopic (exact) mass is 434 g/mol. The fourth-order valence-electron chi connectivity index (χ4n) is 5.15. The van der Waals surface area contributed by atoms with Gasteiger partial charge in [0.1, 0.15) is 16.4 Å². The molecule has 1 aromatic rings. The van der Waals surface area contributed by atoms with Crippen LogP contribution in [0.5, 0.6) is 11.5 Å². The number of phenols is 2. The molecule has 2 fully saturated rings. The second-order valence-electron chi connectivity index (χ2n) is 9.49. The number of benzene rings is 1. The smallest absolute Gasteiger partial charge is 0.247 e. The van der Waals surface area contributed by atoms with E-state index in [0.29, 0.717) is 30.6 Å². The van der Waals surface area contributed by atoms with E-state index in [2.05, 4.69) is 18.3 Å². The summed E-state index contributed by atoms with van der Waals surface area (Å²) in [6, 6.07) is 1.59. The first-order valence-corrected chi connectivity index (χ1v) is 12.7. The van der Waals surface area contributed by atoms with Crippen LogP contribution in [0.2, 0.25) is 0 Å². The first-order valence-electron chi connectivity index (χ1n) is 11.2. The lowest BCUT2D eigenvalue weighted by Crippen LogP contribution is -2.71. The van der Waals surface area contributed by atoms with Crippen molar-refractivity contribution < 1.29 is 18.6 Å². The number of allylic oxidation sites excluding steroid dienone is 2. The van der Waals surface area contributed by atoms with Crippen LogP contribution in [-0.2, 0) is 16.4 Å². The van der Waals surface area contributed by atoms with E-state index < -0.39 is 10.0 Å². The SMILES string of the molecule is CCCCCc1cc(O)c(C2C=C(C)CCC2)c(O)c1S(=O)(=O)N1CC2(CNC2)C1. The number of sulfonamides is 1. The van der Waals surface area contributed by atoms with E-state index in [1.807, 2.05) is 6.92 Å². The quantitative estimate of drug-likeness (QED) is 0.450. The summed E-state index contributed by atoms with van der Waals surface area (Å²) in [6.07, 6.45) is 8.18. The van der Waals surface area contributed by atoms with Gasteiger partial charge >= 0.3 is 0 Å². The third kappa shape index (κ3) is 3.76. The van der Waals surface area contributed by atoms with E-state index in [4.69, 9.17) is 0 Å². The molecule has 1 unspecified atom stereocenters. The van der Waals surface area contributed by atoms with Crippen molar-refractivity contribution in [2.24, 2.45) is 5.41 Å². The highest BCUT2D eigenvalue weighted by molar-refractivity contribution is 7.89. The Morgan fingerprint density at radius 3 is 2.57 bits per heavy atom. The predicted molar refractivity (Wildman–Crippen MR) is 117 cm³/mol. The number of aryl methyl sites for hydroxylation is 1. The van der Waals surface area contributed by atoms with Crippen molar-refractivity contribution in [1.29, 1.82) is 0 Å². The molecule has 6 nitrogen and oxygen atoms in total. The fourth-order valence-corrected chi connectivity index (χ4v) is 7.14. The van der Waals surface area contributed by atoms with Gasteiger partial charge in [-0.3, -0.25) is 0 Å². The number of aromatic hydroxyl groups is 2. The molecule has 1 atom stereocenters.